The number of carboxylic acid groups (broad SMARTS) is 1. The van der Waals surface area contributed by atoms with Crippen LogP contribution in [0.1, 0.15) is 32.8 Å². The van der Waals surface area contributed by atoms with Gasteiger partial charge in [-0.2, -0.15) is 0 Å². The highest BCUT2D eigenvalue weighted by atomic mass is 32.2. The maximum Gasteiger partial charge on any atom is 0.352 e. The Morgan fingerprint density at radius 3 is 2.44 bits per heavy atom. The molecule has 36 heavy (non-hydrogen) atoms. The van der Waals surface area contributed by atoms with E-state index in [1.54, 1.807) is 45.0 Å². The van der Waals surface area contributed by atoms with E-state index in [1.165, 1.54) is 21.6 Å². The van der Waals surface area contributed by atoms with Gasteiger partial charge in [-0.15, -0.1) is 11.8 Å². The first-order valence-electron chi connectivity index (χ1n) is 11.5. The van der Waals surface area contributed by atoms with Crippen molar-refractivity contribution in [2.45, 2.75) is 49.4 Å². The second-order valence-corrected chi connectivity index (χ2v) is 11.0. The topological polar surface area (TPSA) is 156 Å². The molecule has 3 aliphatic rings. The fraction of sp³-hybridized carbons (Fsp3) is 0.478. The number of fused-ring (bicyclic) bond motifs is 1. The van der Waals surface area contributed by atoms with Crippen molar-refractivity contribution in [1.82, 2.24) is 20.4 Å². The lowest BCUT2D eigenvalue weighted by Crippen LogP contribution is -2.75. The molecular weight excluding hydrogens is 490 g/mol. The summed E-state index contributed by atoms with van der Waals surface area (Å²) in [6.07, 6.45) is 0.0917. The van der Waals surface area contributed by atoms with Gasteiger partial charge in [0.2, 0.25) is 17.5 Å². The minimum atomic E-state index is -1.85. The molecule has 3 fully saturated rings. The lowest BCUT2D eigenvalue weighted by molar-refractivity contribution is -0.173. The number of aliphatic carboxylic acids is 1. The fourth-order valence-corrected chi connectivity index (χ4v) is 6.48. The van der Waals surface area contributed by atoms with Crippen LogP contribution in [-0.2, 0) is 30.4 Å². The van der Waals surface area contributed by atoms with E-state index < -0.39 is 40.1 Å². The maximum atomic E-state index is 12.9. The number of hydrogen-bond acceptors (Lipinski definition) is 7. The van der Waals surface area contributed by atoms with Gasteiger partial charge in [0, 0.05) is 25.3 Å². The van der Waals surface area contributed by atoms with Gasteiger partial charge in [0.05, 0.1) is 23.0 Å². The number of thioether (sulfide) groups is 1. The number of carboxylic acids is 1. The number of imide groups is 1. The van der Waals surface area contributed by atoms with Crippen molar-refractivity contribution < 1.29 is 33.9 Å². The van der Waals surface area contributed by atoms with E-state index in [4.69, 9.17) is 0 Å². The summed E-state index contributed by atoms with van der Waals surface area (Å²) in [6.45, 7) is 5.60. The van der Waals surface area contributed by atoms with Gasteiger partial charge in [0.15, 0.2) is 0 Å². The van der Waals surface area contributed by atoms with E-state index in [0.717, 1.165) is 4.90 Å². The Labute approximate surface area is 211 Å². The van der Waals surface area contributed by atoms with Crippen LogP contribution in [-0.4, -0.2) is 86.0 Å². The molecule has 13 heteroatoms. The number of carbonyl (C=O) groups is 6. The Kier molecular flexibility index (Phi) is 6.45. The second-order valence-electron chi connectivity index (χ2n) is 9.20. The first-order valence-corrected chi connectivity index (χ1v) is 12.4. The van der Waals surface area contributed by atoms with Crippen molar-refractivity contribution in [1.29, 1.82) is 0 Å². The summed E-state index contributed by atoms with van der Waals surface area (Å²) in [6, 6.07) is 5.83. The molecule has 4 rings (SSSR count). The molecule has 3 heterocycles. The van der Waals surface area contributed by atoms with Crippen LogP contribution in [0.4, 0.5) is 10.5 Å². The molecular formula is C23H27N5O7S. The molecule has 0 aromatic heterocycles. The van der Waals surface area contributed by atoms with E-state index in [9.17, 15) is 33.9 Å². The lowest BCUT2D eigenvalue weighted by Gasteiger charge is -2.46. The Morgan fingerprint density at radius 2 is 1.86 bits per heavy atom. The predicted octanol–water partition coefficient (Wildman–Crippen LogP) is 0.115. The summed E-state index contributed by atoms with van der Waals surface area (Å²) < 4.78 is -0.944. The molecule has 3 saturated heterocycles. The molecule has 0 bridgehead atoms. The smallest absolute Gasteiger partial charge is 0.352 e. The molecule has 0 spiro atoms. The van der Waals surface area contributed by atoms with Gasteiger partial charge in [0.1, 0.15) is 0 Å². The highest BCUT2D eigenvalue weighted by Crippen LogP contribution is 2.55. The summed E-state index contributed by atoms with van der Waals surface area (Å²) in [4.78, 5) is 77.6. The van der Waals surface area contributed by atoms with Crippen molar-refractivity contribution in [2.75, 3.05) is 24.5 Å². The first kappa shape index (κ1) is 25.5. The average molecular weight is 518 g/mol. The van der Waals surface area contributed by atoms with Crippen LogP contribution in [0, 0.1) is 0 Å². The highest BCUT2D eigenvalue weighted by Gasteiger charge is 2.70. The molecule has 1 aromatic rings. The van der Waals surface area contributed by atoms with Crippen LogP contribution in [0.15, 0.2) is 24.3 Å². The molecule has 192 valence electrons. The normalized spacial score (nSPS) is 24.5. The van der Waals surface area contributed by atoms with Crippen molar-refractivity contribution >= 4 is 53.1 Å². The number of β-lactam (4-membered cyclic amide) rings is 1. The molecule has 0 aliphatic carbocycles. The number of anilines is 1. The first-order chi connectivity index (χ1) is 16.9. The van der Waals surface area contributed by atoms with E-state index in [-0.39, 0.29) is 43.8 Å². The molecule has 6 amide bonds. The molecule has 12 nitrogen and oxygen atoms in total. The highest BCUT2D eigenvalue weighted by molar-refractivity contribution is 8.01. The summed E-state index contributed by atoms with van der Waals surface area (Å²) >= 11 is 1.35. The number of nitrogens with one attached hydrogen (secondary N) is 2. The minimum Gasteiger partial charge on any atom is -0.478 e. The molecule has 0 radical (unpaired) electrons. The predicted molar refractivity (Wildman–Crippen MR) is 129 cm³/mol. The Hall–Kier alpha value is -3.61. The average Bonchev–Trinajstić information content (AvgIpc) is 2.99. The van der Waals surface area contributed by atoms with Gasteiger partial charge in [-0.25, -0.2) is 9.59 Å². The van der Waals surface area contributed by atoms with Crippen molar-refractivity contribution in [3.8, 4) is 0 Å². The van der Waals surface area contributed by atoms with Crippen LogP contribution >= 0.6 is 11.8 Å². The van der Waals surface area contributed by atoms with Crippen molar-refractivity contribution in [2.24, 2.45) is 0 Å². The summed E-state index contributed by atoms with van der Waals surface area (Å²) in [5.41, 5.74) is -0.827. The zero-order valence-corrected chi connectivity index (χ0v) is 20.9. The number of benzene rings is 1. The van der Waals surface area contributed by atoms with Gasteiger partial charge >= 0.3 is 23.8 Å². The van der Waals surface area contributed by atoms with Gasteiger partial charge in [-0.1, -0.05) is 12.1 Å². The van der Waals surface area contributed by atoms with E-state index >= 15 is 0 Å². The number of carbonyl (C=O) groups excluding carboxylic acids is 5. The molecule has 2 atom stereocenters. The number of rotatable bonds is 6. The molecule has 3 aliphatic heterocycles. The van der Waals surface area contributed by atoms with Crippen LogP contribution in [0.3, 0.4) is 0 Å². The number of amides is 6. The standard InChI is InChI=1S/C23H27N5O7S/c1-4-26(21(35)27-10-9-24-18(31)19(27)32)14-7-5-13(6-8-14)11-15(29)25-23(20(33)34)22(2,3)36-17-12-16(30)28(17)23/h5-8,17H,4,9-12H2,1-3H3,(H,24,31)(H,25,29)(H,33,34)/t17-,23+/m1/s1. The molecule has 0 saturated carbocycles. The summed E-state index contributed by atoms with van der Waals surface area (Å²) in [5, 5.41) is 14.8. The van der Waals surface area contributed by atoms with Crippen LogP contribution in [0.5, 0.6) is 0 Å². The Balaban J connectivity index is 1.47. The zero-order valence-electron chi connectivity index (χ0n) is 20.1. The van der Waals surface area contributed by atoms with Crippen LogP contribution in [0.25, 0.3) is 0 Å². The van der Waals surface area contributed by atoms with Crippen LogP contribution in [0.2, 0.25) is 0 Å². The van der Waals surface area contributed by atoms with Crippen LogP contribution < -0.4 is 15.5 Å². The minimum absolute atomic E-state index is 0.0680. The monoisotopic (exact) mass is 517 g/mol. The number of nitrogens with zero attached hydrogens (tertiary/aromatic N) is 3. The second kappa shape index (κ2) is 9.12. The van der Waals surface area contributed by atoms with Gasteiger partial charge < -0.3 is 15.7 Å². The number of hydrogen-bond donors (Lipinski definition) is 3. The summed E-state index contributed by atoms with van der Waals surface area (Å²) in [7, 11) is 0. The number of urea groups is 1. The van der Waals surface area contributed by atoms with E-state index in [0.29, 0.717) is 11.3 Å². The lowest BCUT2D eigenvalue weighted by atomic mass is 9.89. The van der Waals surface area contributed by atoms with Crippen molar-refractivity contribution in [3.05, 3.63) is 29.8 Å². The van der Waals surface area contributed by atoms with E-state index in [2.05, 4.69) is 10.6 Å². The molecule has 0 unspecified atom stereocenters. The SMILES string of the molecule is CCN(C(=O)N1CCNC(=O)C1=O)c1ccc(CC(=O)N[C@@]2(C(=O)O)N3C(=O)C[C@H]3SC2(C)C)cc1. The third kappa shape index (κ3) is 3.96. The third-order valence-electron chi connectivity index (χ3n) is 6.65. The van der Waals surface area contributed by atoms with Gasteiger partial charge in [0.25, 0.3) is 0 Å². The van der Waals surface area contributed by atoms with Crippen molar-refractivity contribution in [3.63, 3.8) is 0 Å². The number of piperazine rings is 1. The van der Waals surface area contributed by atoms with Gasteiger partial charge in [-0.05, 0) is 38.5 Å². The quantitative estimate of drug-likeness (QED) is 0.355. The maximum absolute atomic E-state index is 12.9. The Morgan fingerprint density at radius 1 is 1.19 bits per heavy atom. The summed E-state index contributed by atoms with van der Waals surface area (Å²) in [5.74, 6) is -3.92. The van der Waals surface area contributed by atoms with E-state index in [1.807, 2.05) is 0 Å². The zero-order chi connectivity index (χ0) is 26.4. The molecule has 1 aromatic carbocycles. The molecule has 3 N–H and O–H groups in total. The Bertz CT molecular complexity index is 1150. The fourth-order valence-electron chi connectivity index (χ4n) is 4.79. The third-order valence-corrected chi connectivity index (χ3v) is 8.18. The van der Waals surface area contributed by atoms with Gasteiger partial charge in [-0.3, -0.25) is 33.9 Å². The largest absolute Gasteiger partial charge is 0.478 e.